The van der Waals surface area contributed by atoms with Gasteiger partial charge in [0.1, 0.15) is 12.6 Å². The lowest BCUT2D eigenvalue weighted by Crippen LogP contribution is -2.26. The molecule has 2 heterocycles. The van der Waals surface area contributed by atoms with E-state index in [1.54, 1.807) is 24.3 Å². The molecule has 2 aromatic carbocycles. The van der Waals surface area contributed by atoms with Crippen molar-refractivity contribution in [1.29, 1.82) is 0 Å². The lowest BCUT2D eigenvalue weighted by atomic mass is 10.2. The van der Waals surface area contributed by atoms with Crippen LogP contribution in [0.2, 0.25) is 0 Å². The van der Waals surface area contributed by atoms with Crippen LogP contribution in [0, 0.1) is 6.92 Å². The first-order chi connectivity index (χ1) is 14.0. The quantitative estimate of drug-likeness (QED) is 0.595. The second-order valence-corrected chi connectivity index (χ2v) is 7.91. The Hall–Kier alpha value is -2.64. The number of carbonyl (C=O) groups excluding carboxylic acids is 2. The van der Waals surface area contributed by atoms with Crippen LogP contribution in [0.1, 0.15) is 18.5 Å². The number of benzene rings is 2. The van der Waals surface area contributed by atoms with Crippen molar-refractivity contribution >= 4 is 50.0 Å². The first-order valence-corrected chi connectivity index (χ1v) is 10.4. The van der Waals surface area contributed by atoms with Gasteiger partial charge < -0.3 is 19.9 Å². The second-order valence-electron chi connectivity index (χ2n) is 7.12. The number of halogens is 1. The third-order valence-corrected chi connectivity index (χ3v) is 6.11. The van der Waals surface area contributed by atoms with Crippen molar-refractivity contribution in [3.8, 4) is 0 Å². The first-order valence-electron chi connectivity index (χ1n) is 9.58. The fourth-order valence-electron chi connectivity index (χ4n) is 3.58. The lowest BCUT2D eigenvalue weighted by molar-refractivity contribution is -0.124. The molecule has 3 aromatic rings. The minimum absolute atomic E-state index is 0.113. The van der Waals surface area contributed by atoms with Gasteiger partial charge in [0, 0.05) is 39.1 Å². The molecular weight excluding hydrogens is 434 g/mol. The standard InChI is InChI=1S/C22H22BrN3O3/c1-14-21(23)17-5-2-3-6-18(17)26(14)13-20(27)24-15-8-10-16(11-9-15)25-22(28)19-7-4-12-29-19/h2-3,5-6,8-11,19H,4,7,12-13H2,1H3,(H,24,27)(H,25,28). The summed E-state index contributed by atoms with van der Waals surface area (Å²) in [5.74, 6) is -0.239. The summed E-state index contributed by atoms with van der Waals surface area (Å²) in [6, 6.07) is 15.1. The number of anilines is 2. The van der Waals surface area contributed by atoms with E-state index in [0.29, 0.717) is 18.0 Å². The van der Waals surface area contributed by atoms with E-state index in [1.165, 1.54) is 0 Å². The highest BCUT2D eigenvalue weighted by atomic mass is 79.9. The Morgan fingerprint density at radius 3 is 2.48 bits per heavy atom. The van der Waals surface area contributed by atoms with Crippen LogP contribution < -0.4 is 10.6 Å². The summed E-state index contributed by atoms with van der Waals surface area (Å²) in [5, 5.41) is 6.85. The topological polar surface area (TPSA) is 72.4 Å². The van der Waals surface area contributed by atoms with Crippen molar-refractivity contribution in [3.63, 3.8) is 0 Å². The van der Waals surface area contributed by atoms with E-state index in [9.17, 15) is 9.59 Å². The zero-order valence-corrected chi connectivity index (χ0v) is 17.7. The number of para-hydroxylation sites is 1. The minimum Gasteiger partial charge on any atom is -0.368 e. The number of nitrogens with zero attached hydrogens (tertiary/aromatic N) is 1. The number of aromatic nitrogens is 1. The average molecular weight is 456 g/mol. The maximum Gasteiger partial charge on any atom is 0.253 e. The molecule has 7 heteroatoms. The summed E-state index contributed by atoms with van der Waals surface area (Å²) in [7, 11) is 0. The summed E-state index contributed by atoms with van der Waals surface area (Å²) < 4.78 is 8.38. The molecular formula is C22H22BrN3O3. The number of ether oxygens (including phenoxy) is 1. The van der Waals surface area contributed by atoms with Crippen molar-refractivity contribution < 1.29 is 14.3 Å². The maximum absolute atomic E-state index is 12.6. The van der Waals surface area contributed by atoms with Crippen LogP contribution in [0.4, 0.5) is 11.4 Å². The first kappa shape index (κ1) is 19.7. The van der Waals surface area contributed by atoms with E-state index in [4.69, 9.17) is 4.74 Å². The van der Waals surface area contributed by atoms with E-state index >= 15 is 0 Å². The number of nitrogens with one attached hydrogen (secondary N) is 2. The number of carbonyl (C=O) groups is 2. The molecule has 1 aromatic heterocycles. The van der Waals surface area contributed by atoms with E-state index in [1.807, 2.05) is 35.8 Å². The van der Waals surface area contributed by atoms with Gasteiger partial charge in [-0.1, -0.05) is 18.2 Å². The predicted octanol–water partition coefficient (Wildman–Crippen LogP) is 4.47. The van der Waals surface area contributed by atoms with Gasteiger partial charge in [0.25, 0.3) is 5.91 Å². The smallest absolute Gasteiger partial charge is 0.253 e. The van der Waals surface area contributed by atoms with Gasteiger partial charge in [0.15, 0.2) is 0 Å². The van der Waals surface area contributed by atoms with Gasteiger partial charge in [-0.25, -0.2) is 0 Å². The highest BCUT2D eigenvalue weighted by molar-refractivity contribution is 9.10. The monoisotopic (exact) mass is 455 g/mol. The number of hydrogen-bond donors (Lipinski definition) is 2. The van der Waals surface area contributed by atoms with E-state index < -0.39 is 0 Å². The molecule has 0 saturated carbocycles. The third-order valence-electron chi connectivity index (χ3n) is 5.11. The SMILES string of the molecule is Cc1c(Br)c2ccccc2n1CC(=O)Nc1ccc(NC(=O)C2CCCO2)cc1. The number of hydrogen-bond acceptors (Lipinski definition) is 3. The van der Waals surface area contributed by atoms with Crippen molar-refractivity contribution in [3.05, 3.63) is 58.7 Å². The Kier molecular flexibility index (Phi) is 5.69. The Bertz CT molecular complexity index is 1050. The lowest BCUT2D eigenvalue weighted by Gasteiger charge is -2.12. The molecule has 0 aliphatic carbocycles. The normalized spacial score (nSPS) is 16.1. The number of rotatable bonds is 5. The summed E-state index contributed by atoms with van der Waals surface area (Å²) in [6.07, 6.45) is 1.30. The van der Waals surface area contributed by atoms with Gasteiger partial charge in [-0.05, 0) is 66.0 Å². The number of amides is 2. The highest BCUT2D eigenvalue weighted by Crippen LogP contribution is 2.30. The maximum atomic E-state index is 12.6. The van der Waals surface area contributed by atoms with E-state index in [2.05, 4.69) is 26.6 Å². The molecule has 2 amide bonds. The molecule has 1 fully saturated rings. The van der Waals surface area contributed by atoms with Crippen molar-refractivity contribution in [1.82, 2.24) is 4.57 Å². The van der Waals surface area contributed by atoms with Crippen LogP contribution in [0.5, 0.6) is 0 Å². The third kappa shape index (κ3) is 4.21. The summed E-state index contributed by atoms with van der Waals surface area (Å²) in [6.45, 7) is 2.84. The molecule has 150 valence electrons. The van der Waals surface area contributed by atoms with Crippen LogP contribution in [-0.2, 0) is 20.9 Å². The minimum atomic E-state index is -0.367. The molecule has 0 radical (unpaired) electrons. The van der Waals surface area contributed by atoms with Gasteiger partial charge in [-0.2, -0.15) is 0 Å². The molecule has 2 N–H and O–H groups in total. The Morgan fingerprint density at radius 1 is 1.10 bits per heavy atom. The molecule has 1 aliphatic heterocycles. The highest BCUT2D eigenvalue weighted by Gasteiger charge is 2.23. The van der Waals surface area contributed by atoms with Crippen LogP contribution in [-0.4, -0.2) is 29.1 Å². The van der Waals surface area contributed by atoms with E-state index in [-0.39, 0.29) is 24.5 Å². The Balaban J connectivity index is 1.40. The van der Waals surface area contributed by atoms with E-state index in [0.717, 1.165) is 33.9 Å². The zero-order chi connectivity index (χ0) is 20.4. The Labute approximate surface area is 177 Å². The molecule has 1 saturated heterocycles. The summed E-state index contributed by atoms with van der Waals surface area (Å²) in [5.41, 5.74) is 3.38. The van der Waals surface area contributed by atoms with Gasteiger partial charge in [-0.15, -0.1) is 0 Å². The van der Waals surface area contributed by atoms with Crippen LogP contribution in [0.15, 0.2) is 53.0 Å². The van der Waals surface area contributed by atoms with Gasteiger partial charge in [0.2, 0.25) is 5.91 Å². The van der Waals surface area contributed by atoms with Crippen molar-refractivity contribution in [2.24, 2.45) is 0 Å². The summed E-state index contributed by atoms with van der Waals surface area (Å²) >= 11 is 3.61. The number of fused-ring (bicyclic) bond motifs is 1. The molecule has 6 nitrogen and oxygen atoms in total. The second kappa shape index (κ2) is 8.39. The van der Waals surface area contributed by atoms with Crippen LogP contribution >= 0.6 is 15.9 Å². The van der Waals surface area contributed by atoms with Crippen LogP contribution in [0.25, 0.3) is 10.9 Å². The Morgan fingerprint density at radius 2 is 1.79 bits per heavy atom. The largest absolute Gasteiger partial charge is 0.368 e. The summed E-state index contributed by atoms with van der Waals surface area (Å²) in [4.78, 5) is 24.7. The average Bonchev–Trinajstić information content (AvgIpc) is 3.34. The van der Waals surface area contributed by atoms with Gasteiger partial charge in [0.05, 0.1) is 0 Å². The zero-order valence-electron chi connectivity index (χ0n) is 16.1. The molecule has 0 spiro atoms. The van der Waals surface area contributed by atoms with Gasteiger partial charge in [-0.3, -0.25) is 9.59 Å². The van der Waals surface area contributed by atoms with Gasteiger partial charge >= 0.3 is 0 Å². The predicted molar refractivity (Wildman–Crippen MR) is 117 cm³/mol. The van der Waals surface area contributed by atoms with Crippen molar-refractivity contribution in [2.45, 2.75) is 32.4 Å². The molecule has 1 atom stereocenters. The molecule has 0 bridgehead atoms. The fourth-order valence-corrected chi connectivity index (χ4v) is 4.13. The molecule has 29 heavy (non-hydrogen) atoms. The molecule has 1 unspecified atom stereocenters. The molecule has 4 rings (SSSR count). The fraction of sp³-hybridized carbons (Fsp3) is 0.273. The van der Waals surface area contributed by atoms with Crippen LogP contribution in [0.3, 0.4) is 0 Å². The van der Waals surface area contributed by atoms with Crippen molar-refractivity contribution in [2.75, 3.05) is 17.2 Å². The molecule has 1 aliphatic rings.